The number of carbonyl (C=O) groups is 1. The van der Waals surface area contributed by atoms with E-state index in [0.717, 1.165) is 33.1 Å². The minimum Gasteiger partial charge on any atom is -0.347 e. The number of amides is 1. The van der Waals surface area contributed by atoms with Gasteiger partial charge in [0.15, 0.2) is 5.13 Å². The van der Waals surface area contributed by atoms with Crippen molar-refractivity contribution in [3.05, 3.63) is 53.3 Å². The zero-order valence-electron chi connectivity index (χ0n) is 15.5. The van der Waals surface area contributed by atoms with Crippen molar-refractivity contribution in [2.75, 3.05) is 18.5 Å². The van der Waals surface area contributed by atoms with E-state index in [4.69, 9.17) is 4.98 Å². The first-order chi connectivity index (χ1) is 13.0. The summed E-state index contributed by atoms with van der Waals surface area (Å²) < 4.78 is 1.18. The number of nitrogens with zero attached hydrogens (tertiary/aromatic N) is 3. The van der Waals surface area contributed by atoms with Gasteiger partial charge in [-0.3, -0.25) is 4.79 Å². The maximum atomic E-state index is 12.3. The van der Waals surface area contributed by atoms with Crippen LogP contribution in [0.2, 0.25) is 0 Å². The third kappa shape index (κ3) is 3.50. The Bertz CT molecular complexity index is 1060. The summed E-state index contributed by atoms with van der Waals surface area (Å²) in [6.07, 6.45) is 0. The van der Waals surface area contributed by atoms with E-state index in [0.29, 0.717) is 6.54 Å². The molecule has 6 nitrogen and oxygen atoms in total. The number of anilines is 1. The second-order valence-corrected chi connectivity index (χ2v) is 7.68. The molecule has 0 atom stereocenters. The molecule has 4 aromatic rings. The topological polar surface area (TPSA) is 73.9 Å². The lowest BCUT2D eigenvalue weighted by Crippen LogP contribution is -2.35. The normalized spacial score (nSPS) is 11.2. The molecule has 2 aromatic heterocycles. The van der Waals surface area contributed by atoms with Gasteiger partial charge in [0.1, 0.15) is 5.82 Å². The lowest BCUT2D eigenvalue weighted by Gasteiger charge is -2.14. The standard InChI is InChI=1S/C20H21N5OS/c1-12-8-9-13(2)19-18(12)24-20(27-19)25(3)11-17(26)21-10-16-22-14-6-4-5-7-15(14)23-16/h4-9H,10-11H2,1-3H3,(H,21,26)(H,22,23). The van der Waals surface area contributed by atoms with Gasteiger partial charge in [-0.1, -0.05) is 35.6 Å². The fraction of sp³-hybridized carbons (Fsp3) is 0.250. The average Bonchev–Trinajstić information content (AvgIpc) is 3.28. The Balaban J connectivity index is 1.41. The summed E-state index contributed by atoms with van der Waals surface area (Å²) in [5, 5.41) is 3.77. The number of para-hydroxylation sites is 2. The average molecular weight is 379 g/mol. The molecular weight excluding hydrogens is 358 g/mol. The van der Waals surface area contributed by atoms with E-state index in [9.17, 15) is 4.79 Å². The summed E-state index contributed by atoms with van der Waals surface area (Å²) >= 11 is 1.62. The van der Waals surface area contributed by atoms with Gasteiger partial charge in [0.05, 0.1) is 34.3 Å². The van der Waals surface area contributed by atoms with E-state index >= 15 is 0 Å². The summed E-state index contributed by atoms with van der Waals surface area (Å²) in [5.41, 5.74) is 5.26. The molecule has 0 aliphatic carbocycles. The first kappa shape index (κ1) is 17.5. The predicted octanol–water partition coefficient (Wildman–Crippen LogP) is 3.54. The third-order valence-corrected chi connectivity index (χ3v) is 5.83. The van der Waals surface area contributed by atoms with E-state index in [1.54, 1.807) is 11.3 Å². The molecule has 2 N–H and O–H groups in total. The number of aromatic nitrogens is 3. The van der Waals surface area contributed by atoms with Crippen LogP contribution in [0.3, 0.4) is 0 Å². The molecular formula is C20H21N5OS. The molecule has 0 aliphatic rings. The third-order valence-electron chi connectivity index (χ3n) is 4.53. The second kappa shape index (κ2) is 7.00. The van der Waals surface area contributed by atoms with Crippen molar-refractivity contribution in [3.63, 3.8) is 0 Å². The number of hydrogen-bond donors (Lipinski definition) is 2. The Labute approximate surface area is 161 Å². The zero-order chi connectivity index (χ0) is 19.0. The van der Waals surface area contributed by atoms with Crippen LogP contribution in [-0.2, 0) is 11.3 Å². The van der Waals surface area contributed by atoms with Crippen LogP contribution >= 0.6 is 11.3 Å². The number of aryl methyl sites for hydroxylation is 2. The van der Waals surface area contributed by atoms with E-state index in [2.05, 4.69) is 41.3 Å². The van der Waals surface area contributed by atoms with Crippen molar-refractivity contribution in [2.24, 2.45) is 0 Å². The number of fused-ring (bicyclic) bond motifs is 2. The maximum Gasteiger partial charge on any atom is 0.239 e. The predicted molar refractivity (Wildman–Crippen MR) is 110 cm³/mol. The Kier molecular flexibility index (Phi) is 4.53. The second-order valence-electron chi connectivity index (χ2n) is 6.71. The molecule has 0 radical (unpaired) electrons. The van der Waals surface area contributed by atoms with Crippen LogP contribution in [-0.4, -0.2) is 34.5 Å². The number of rotatable bonds is 5. The number of nitrogens with one attached hydrogen (secondary N) is 2. The number of likely N-dealkylation sites (N-methyl/N-ethyl adjacent to an activating group) is 1. The van der Waals surface area contributed by atoms with Crippen molar-refractivity contribution < 1.29 is 4.79 Å². The number of hydrogen-bond acceptors (Lipinski definition) is 5. The van der Waals surface area contributed by atoms with Gasteiger partial charge in [0.2, 0.25) is 5.91 Å². The van der Waals surface area contributed by atoms with E-state index in [1.807, 2.05) is 36.2 Å². The van der Waals surface area contributed by atoms with Crippen LogP contribution in [0.5, 0.6) is 0 Å². The number of thiazole rings is 1. The van der Waals surface area contributed by atoms with Gasteiger partial charge in [-0.2, -0.15) is 0 Å². The number of aromatic amines is 1. The van der Waals surface area contributed by atoms with Gasteiger partial charge < -0.3 is 15.2 Å². The van der Waals surface area contributed by atoms with Gasteiger partial charge in [0.25, 0.3) is 0 Å². The molecule has 2 heterocycles. The van der Waals surface area contributed by atoms with Crippen LogP contribution in [0.25, 0.3) is 21.3 Å². The number of imidazole rings is 1. The smallest absolute Gasteiger partial charge is 0.239 e. The first-order valence-corrected chi connectivity index (χ1v) is 9.61. The SMILES string of the molecule is Cc1ccc(C)c2sc(N(C)CC(=O)NCc3nc4ccccc4[nH]3)nc12. The summed E-state index contributed by atoms with van der Waals surface area (Å²) in [6.45, 7) is 4.77. The molecule has 138 valence electrons. The van der Waals surface area contributed by atoms with Crippen molar-refractivity contribution in [3.8, 4) is 0 Å². The van der Waals surface area contributed by atoms with Crippen molar-refractivity contribution in [1.82, 2.24) is 20.3 Å². The van der Waals surface area contributed by atoms with Crippen molar-refractivity contribution in [1.29, 1.82) is 0 Å². The molecule has 27 heavy (non-hydrogen) atoms. The number of carbonyl (C=O) groups excluding carboxylic acids is 1. The van der Waals surface area contributed by atoms with Crippen LogP contribution in [0, 0.1) is 13.8 Å². The summed E-state index contributed by atoms with van der Waals surface area (Å²) in [7, 11) is 1.89. The molecule has 0 unspecified atom stereocenters. The lowest BCUT2D eigenvalue weighted by atomic mass is 10.1. The Morgan fingerprint density at radius 3 is 2.70 bits per heavy atom. The highest BCUT2D eigenvalue weighted by atomic mass is 32.1. The Hall–Kier alpha value is -2.93. The molecule has 0 spiro atoms. The largest absolute Gasteiger partial charge is 0.347 e. The number of H-pyrrole nitrogens is 1. The molecule has 7 heteroatoms. The molecule has 0 saturated carbocycles. The van der Waals surface area contributed by atoms with E-state index in [1.165, 1.54) is 10.3 Å². The highest BCUT2D eigenvalue weighted by Crippen LogP contribution is 2.32. The molecule has 1 amide bonds. The van der Waals surface area contributed by atoms with Crippen LogP contribution in [0.1, 0.15) is 17.0 Å². The fourth-order valence-corrected chi connectivity index (χ4v) is 4.09. The van der Waals surface area contributed by atoms with Gasteiger partial charge >= 0.3 is 0 Å². The highest BCUT2D eigenvalue weighted by Gasteiger charge is 2.14. The molecule has 4 rings (SSSR count). The zero-order valence-corrected chi connectivity index (χ0v) is 16.4. The first-order valence-electron chi connectivity index (χ1n) is 8.79. The monoisotopic (exact) mass is 379 g/mol. The highest BCUT2D eigenvalue weighted by molar-refractivity contribution is 7.22. The number of benzene rings is 2. The fourth-order valence-electron chi connectivity index (χ4n) is 3.02. The van der Waals surface area contributed by atoms with Gasteiger partial charge in [-0.05, 0) is 37.1 Å². The summed E-state index contributed by atoms with van der Waals surface area (Å²) in [5.74, 6) is 0.684. The Morgan fingerprint density at radius 2 is 1.93 bits per heavy atom. The minimum absolute atomic E-state index is 0.0642. The van der Waals surface area contributed by atoms with E-state index < -0.39 is 0 Å². The van der Waals surface area contributed by atoms with Gasteiger partial charge in [-0.25, -0.2) is 9.97 Å². The van der Waals surface area contributed by atoms with Gasteiger partial charge in [0, 0.05) is 7.05 Å². The van der Waals surface area contributed by atoms with Crippen LogP contribution in [0.4, 0.5) is 5.13 Å². The van der Waals surface area contributed by atoms with Crippen molar-refractivity contribution in [2.45, 2.75) is 20.4 Å². The van der Waals surface area contributed by atoms with E-state index in [-0.39, 0.29) is 12.5 Å². The molecule has 0 fully saturated rings. The quantitative estimate of drug-likeness (QED) is 0.556. The minimum atomic E-state index is -0.0642. The lowest BCUT2D eigenvalue weighted by molar-refractivity contribution is -0.119. The maximum absolute atomic E-state index is 12.3. The Morgan fingerprint density at radius 1 is 1.15 bits per heavy atom. The molecule has 0 bridgehead atoms. The van der Waals surface area contributed by atoms with Gasteiger partial charge in [-0.15, -0.1) is 0 Å². The molecule has 0 aliphatic heterocycles. The molecule has 0 saturated heterocycles. The summed E-state index contributed by atoms with van der Waals surface area (Å²) in [4.78, 5) is 26.6. The van der Waals surface area contributed by atoms with Crippen LogP contribution in [0.15, 0.2) is 36.4 Å². The van der Waals surface area contributed by atoms with Crippen LogP contribution < -0.4 is 10.2 Å². The van der Waals surface area contributed by atoms with Crippen molar-refractivity contribution >= 4 is 43.6 Å². The summed E-state index contributed by atoms with van der Waals surface area (Å²) in [6, 6.07) is 12.0. The molecule has 2 aromatic carbocycles.